The fourth-order valence-electron chi connectivity index (χ4n) is 2.77. The van der Waals surface area contributed by atoms with Gasteiger partial charge in [0.2, 0.25) is 17.7 Å². The highest BCUT2D eigenvalue weighted by Gasteiger charge is 2.25. The molecule has 1 aromatic carbocycles. The first-order valence-electron chi connectivity index (χ1n) is 10.2. The lowest BCUT2D eigenvalue weighted by Gasteiger charge is -2.19. The Labute approximate surface area is 190 Å². The quantitative estimate of drug-likeness (QED) is 0.330. The minimum atomic E-state index is -0.934. The van der Waals surface area contributed by atoms with Crippen molar-refractivity contribution >= 4 is 41.2 Å². The Morgan fingerprint density at radius 1 is 0.909 bits per heavy atom. The number of amides is 5. The summed E-state index contributed by atoms with van der Waals surface area (Å²) in [6.07, 6.45) is 2.10. The molecule has 2 atom stereocenters. The van der Waals surface area contributed by atoms with Crippen molar-refractivity contribution in [3.8, 4) is 0 Å². The second kappa shape index (κ2) is 11.6. The SMILES string of the molecule is CC(=O)OCc1ccc(NC(=O)C(C)NC(=O)[C@H](C)NC(=O)CCN2C(=O)C=CC2=O)cc1. The van der Waals surface area contributed by atoms with Crippen molar-refractivity contribution in [2.24, 2.45) is 0 Å². The maximum absolute atomic E-state index is 12.3. The number of anilines is 1. The molecular formula is C22H26N4O7. The lowest BCUT2D eigenvalue weighted by molar-refractivity contribution is -0.142. The summed E-state index contributed by atoms with van der Waals surface area (Å²) in [5.74, 6) is -2.92. The van der Waals surface area contributed by atoms with Crippen LogP contribution in [0.3, 0.4) is 0 Å². The molecule has 0 aromatic heterocycles. The number of hydrogen-bond donors (Lipinski definition) is 3. The van der Waals surface area contributed by atoms with Crippen molar-refractivity contribution in [3.05, 3.63) is 42.0 Å². The zero-order valence-corrected chi connectivity index (χ0v) is 18.5. The fraction of sp³-hybridized carbons (Fsp3) is 0.364. The Hall–Kier alpha value is -4.02. The molecule has 11 heteroatoms. The van der Waals surface area contributed by atoms with E-state index in [4.69, 9.17) is 4.74 Å². The molecule has 1 aromatic rings. The van der Waals surface area contributed by atoms with E-state index in [0.717, 1.165) is 22.6 Å². The number of imide groups is 1. The maximum Gasteiger partial charge on any atom is 0.302 e. The summed E-state index contributed by atoms with van der Waals surface area (Å²) in [5, 5.41) is 7.63. The predicted octanol–water partition coefficient (Wildman–Crippen LogP) is 0.0127. The lowest BCUT2D eigenvalue weighted by Crippen LogP contribution is -2.50. The summed E-state index contributed by atoms with van der Waals surface area (Å²) in [4.78, 5) is 71.4. The van der Waals surface area contributed by atoms with Gasteiger partial charge < -0.3 is 20.7 Å². The Balaban J connectivity index is 1.75. The highest BCUT2D eigenvalue weighted by atomic mass is 16.5. The third-order valence-electron chi connectivity index (χ3n) is 4.65. The van der Waals surface area contributed by atoms with Gasteiger partial charge in [0.25, 0.3) is 11.8 Å². The van der Waals surface area contributed by atoms with E-state index in [1.807, 2.05) is 0 Å². The van der Waals surface area contributed by atoms with E-state index in [2.05, 4.69) is 16.0 Å². The average Bonchev–Trinajstić information content (AvgIpc) is 3.08. The van der Waals surface area contributed by atoms with Crippen molar-refractivity contribution < 1.29 is 33.5 Å². The largest absolute Gasteiger partial charge is 0.461 e. The minimum absolute atomic E-state index is 0.0939. The highest BCUT2D eigenvalue weighted by Crippen LogP contribution is 2.11. The number of carbonyl (C=O) groups excluding carboxylic acids is 6. The van der Waals surface area contributed by atoms with Crippen molar-refractivity contribution in [2.45, 2.75) is 45.9 Å². The van der Waals surface area contributed by atoms with Gasteiger partial charge in [0.1, 0.15) is 18.7 Å². The monoisotopic (exact) mass is 458 g/mol. The number of benzene rings is 1. The van der Waals surface area contributed by atoms with Crippen LogP contribution in [0.1, 0.15) is 32.8 Å². The second-order valence-electron chi connectivity index (χ2n) is 7.40. The molecule has 0 saturated heterocycles. The van der Waals surface area contributed by atoms with E-state index in [9.17, 15) is 28.8 Å². The molecule has 176 valence electrons. The van der Waals surface area contributed by atoms with E-state index in [1.165, 1.54) is 20.8 Å². The number of esters is 1. The van der Waals surface area contributed by atoms with Crippen LogP contribution in [0.5, 0.6) is 0 Å². The fourth-order valence-corrected chi connectivity index (χ4v) is 2.77. The number of nitrogens with zero attached hydrogens (tertiary/aromatic N) is 1. The van der Waals surface area contributed by atoms with E-state index < -0.39 is 47.6 Å². The van der Waals surface area contributed by atoms with Gasteiger partial charge in [0.05, 0.1) is 0 Å². The van der Waals surface area contributed by atoms with Crippen molar-refractivity contribution in [1.29, 1.82) is 0 Å². The van der Waals surface area contributed by atoms with Crippen LogP contribution in [0.25, 0.3) is 0 Å². The van der Waals surface area contributed by atoms with Crippen molar-refractivity contribution in [3.63, 3.8) is 0 Å². The molecule has 1 aliphatic heterocycles. The molecule has 0 fully saturated rings. The molecule has 3 N–H and O–H groups in total. The first-order chi connectivity index (χ1) is 15.6. The number of hydrogen-bond acceptors (Lipinski definition) is 7. The molecule has 33 heavy (non-hydrogen) atoms. The molecule has 1 heterocycles. The summed E-state index contributed by atoms with van der Waals surface area (Å²) in [5.41, 5.74) is 1.25. The number of carbonyl (C=O) groups is 6. The molecular weight excluding hydrogens is 432 g/mol. The van der Waals surface area contributed by atoms with E-state index in [-0.39, 0.29) is 19.6 Å². The van der Waals surface area contributed by atoms with Gasteiger partial charge in [-0.15, -0.1) is 0 Å². The van der Waals surface area contributed by atoms with Crippen LogP contribution in [-0.2, 0) is 40.1 Å². The smallest absolute Gasteiger partial charge is 0.302 e. The van der Waals surface area contributed by atoms with Gasteiger partial charge in [0, 0.05) is 37.7 Å². The summed E-state index contributed by atoms with van der Waals surface area (Å²) in [7, 11) is 0. The Kier molecular flexibility index (Phi) is 8.84. The lowest BCUT2D eigenvalue weighted by atomic mass is 10.2. The molecule has 0 spiro atoms. The minimum Gasteiger partial charge on any atom is -0.461 e. The first-order valence-corrected chi connectivity index (χ1v) is 10.2. The normalized spacial score (nSPS) is 14.5. The molecule has 2 rings (SSSR count). The van der Waals surface area contributed by atoms with Gasteiger partial charge >= 0.3 is 5.97 Å². The Bertz CT molecular complexity index is 953. The van der Waals surface area contributed by atoms with E-state index in [1.54, 1.807) is 24.3 Å². The van der Waals surface area contributed by atoms with Crippen molar-refractivity contribution in [2.75, 3.05) is 11.9 Å². The molecule has 0 radical (unpaired) electrons. The molecule has 11 nitrogen and oxygen atoms in total. The van der Waals surface area contributed by atoms with Gasteiger partial charge in [-0.3, -0.25) is 33.7 Å². The van der Waals surface area contributed by atoms with Gasteiger partial charge in [-0.1, -0.05) is 12.1 Å². The zero-order valence-electron chi connectivity index (χ0n) is 18.5. The Morgan fingerprint density at radius 2 is 1.48 bits per heavy atom. The molecule has 1 unspecified atom stereocenters. The van der Waals surface area contributed by atoms with Crippen LogP contribution in [0.15, 0.2) is 36.4 Å². The third kappa shape index (κ3) is 7.87. The second-order valence-corrected chi connectivity index (χ2v) is 7.40. The maximum atomic E-state index is 12.3. The van der Waals surface area contributed by atoms with Gasteiger partial charge in [-0.05, 0) is 31.5 Å². The molecule has 0 aliphatic carbocycles. The topological polar surface area (TPSA) is 151 Å². The van der Waals surface area contributed by atoms with Gasteiger partial charge in [-0.2, -0.15) is 0 Å². The zero-order chi connectivity index (χ0) is 24.5. The van der Waals surface area contributed by atoms with Gasteiger partial charge in [0.15, 0.2) is 0 Å². The average molecular weight is 458 g/mol. The summed E-state index contributed by atoms with van der Waals surface area (Å²) < 4.78 is 4.89. The summed E-state index contributed by atoms with van der Waals surface area (Å²) in [6.45, 7) is 4.29. The van der Waals surface area contributed by atoms with Gasteiger partial charge in [-0.25, -0.2) is 0 Å². The first kappa shape index (κ1) is 25.2. The van der Waals surface area contributed by atoms with E-state index in [0.29, 0.717) is 5.69 Å². The van der Waals surface area contributed by atoms with Crippen LogP contribution < -0.4 is 16.0 Å². The highest BCUT2D eigenvalue weighted by molar-refractivity contribution is 6.13. The standard InChI is InChI=1S/C22H26N4O7/c1-13(23-18(28)10-11-26-19(29)8-9-20(26)30)21(31)24-14(2)22(32)25-17-6-4-16(5-7-17)12-33-15(3)27/h4-9,13-14H,10-12H2,1-3H3,(H,23,28)(H,24,31)(H,25,32)/t13-,14?/m0/s1. The Morgan fingerprint density at radius 3 is 2.06 bits per heavy atom. The predicted molar refractivity (Wildman–Crippen MR) is 116 cm³/mol. The molecule has 0 saturated carbocycles. The van der Waals surface area contributed by atoms with Crippen LogP contribution in [0, 0.1) is 0 Å². The molecule has 1 aliphatic rings. The van der Waals surface area contributed by atoms with Crippen LogP contribution >= 0.6 is 0 Å². The molecule has 0 bridgehead atoms. The molecule has 5 amide bonds. The van der Waals surface area contributed by atoms with Crippen LogP contribution in [0.2, 0.25) is 0 Å². The number of ether oxygens (including phenoxy) is 1. The summed E-state index contributed by atoms with van der Waals surface area (Å²) >= 11 is 0. The number of nitrogens with one attached hydrogen (secondary N) is 3. The van der Waals surface area contributed by atoms with Crippen LogP contribution in [0.4, 0.5) is 5.69 Å². The van der Waals surface area contributed by atoms with Crippen LogP contribution in [-0.4, -0.2) is 59.0 Å². The van der Waals surface area contributed by atoms with E-state index >= 15 is 0 Å². The summed E-state index contributed by atoms with van der Waals surface area (Å²) in [6, 6.07) is 4.84. The number of rotatable bonds is 10. The third-order valence-corrected chi connectivity index (χ3v) is 4.65. The van der Waals surface area contributed by atoms with Crippen molar-refractivity contribution in [1.82, 2.24) is 15.5 Å².